The number of hydrogen-bond donors (Lipinski definition) is 2. The van der Waals surface area contributed by atoms with Gasteiger partial charge in [0.1, 0.15) is 4.33 Å². The van der Waals surface area contributed by atoms with Crippen LogP contribution in [-0.4, -0.2) is 22.5 Å². The van der Waals surface area contributed by atoms with E-state index in [2.05, 4.69) is 10.6 Å². The molecule has 0 bridgehead atoms. The fourth-order valence-electron chi connectivity index (χ4n) is 0.930. The summed E-state index contributed by atoms with van der Waals surface area (Å²) in [4.78, 5) is 0. The first-order chi connectivity index (χ1) is 5.56. The Morgan fingerprint density at radius 1 is 1.58 bits per heavy atom. The van der Waals surface area contributed by atoms with Crippen LogP contribution in [0.2, 0.25) is 0 Å². The fraction of sp³-hybridized carbons (Fsp3) is 0.857. The molecule has 1 aliphatic rings. The van der Waals surface area contributed by atoms with Crippen LogP contribution >= 0.6 is 35.4 Å². The Labute approximate surface area is 88.0 Å². The van der Waals surface area contributed by atoms with Crippen molar-refractivity contribution in [2.75, 3.05) is 13.1 Å². The van der Waals surface area contributed by atoms with Gasteiger partial charge in [-0.1, -0.05) is 0 Å². The maximum absolute atomic E-state index is 5.83. The van der Waals surface area contributed by atoms with Gasteiger partial charge >= 0.3 is 0 Å². The zero-order valence-electron chi connectivity index (χ0n) is 6.86. The monoisotopic (exact) mass is 226 g/mol. The molecule has 70 valence electrons. The third-order valence-corrected chi connectivity index (χ3v) is 3.02. The predicted octanol–water partition coefficient (Wildman–Crippen LogP) is 1.66. The third-order valence-electron chi connectivity index (χ3n) is 1.80. The smallest absolute Gasteiger partial charge is 0.166 e. The van der Waals surface area contributed by atoms with Gasteiger partial charge in [0.05, 0.1) is 0 Å². The first kappa shape index (κ1) is 10.4. The van der Waals surface area contributed by atoms with E-state index in [0.29, 0.717) is 11.0 Å². The SMILES string of the molecule is CCNC(=S)NCC1CC1(Cl)Cl. The molecule has 1 aliphatic carbocycles. The van der Waals surface area contributed by atoms with Crippen LogP contribution in [0.4, 0.5) is 0 Å². The highest BCUT2D eigenvalue weighted by atomic mass is 35.5. The van der Waals surface area contributed by atoms with Crippen LogP contribution in [-0.2, 0) is 0 Å². The number of nitrogens with one attached hydrogen (secondary N) is 2. The van der Waals surface area contributed by atoms with Crippen LogP contribution in [0.15, 0.2) is 0 Å². The summed E-state index contributed by atoms with van der Waals surface area (Å²) < 4.78 is -0.505. The Balaban J connectivity index is 2.07. The summed E-state index contributed by atoms with van der Waals surface area (Å²) in [7, 11) is 0. The number of rotatable bonds is 3. The van der Waals surface area contributed by atoms with E-state index < -0.39 is 4.33 Å². The van der Waals surface area contributed by atoms with Crippen LogP contribution in [0.3, 0.4) is 0 Å². The number of hydrogen-bond acceptors (Lipinski definition) is 1. The van der Waals surface area contributed by atoms with E-state index in [1.165, 1.54) is 0 Å². The molecular formula is C7H12Cl2N2S. The molecule has 0 aliphatic heterocycles. The quantitative estimate of drug-likeness (QED) is 0.566. The second-order valence-corrected chi connectivity index (χ2v) is 4.85. The minimum absolute atomic E-state index is 0.345. The van der Waals surface area contributed by atoms with Crippen molar-refractivity contribution in [2.24, 2.45) is 5.92 Å². The van der Waals surface area contributed by atoms with Gasteiger partial charge in [0, 0.05) is 19.0 Å². The summed E-state index contributed by atoms with van der Waals surface area (Å²) in [5.41, 5.74) is 0. The highest BCUT2D eigenvalue weighted by molar-refractivity contribution is 7.80. The van der Waals surface area contributed by atoms with Crippen molar-refractivity contribution in [1.29, 1.82) is 0 Å². The molecule has 1 saturated carbocycles. The van der Waals surface area contributed by atoms with Gasteiger partial charge in [-0.2, -0.15) is 0 Å². The van der Waals surface area contributed by atoms with Crippen LogP contribution in [0.1, 0.15) is 13.3 Å². The minimum Gasteiger partial charge on any atom is -0.363 e. The van der Waals surface area contributed by atoms with Crippen molar-refractivity contribution >= 4 is 40.5 Å². The van der Waals surface area contributed by atoms with Crippen molar-refractivity contribution in [1.82, 2.24) is 10.6 Å². The van der Waals surface area contributed by atoms with Crippen LogP contribution in [0, 0.1) is 5.92 Å². The standard InChI is InChI=1S/C7H12Cl2N2S/c1-2-10-6(12)11-4-5-3-7(5,8)9/h5H,2-4H2,1H3,(H2,10,11,12). The summed E-state index contributed by atoms with van der Waals surface area (Å²) in [6.07, 6.45) is 0.859. The second-order valence-electron chi connectivity index (χ2n) is 2.90. The average molecular weight is 227 g/mol. The highest BCUT2D eigenvalue weighted by Gasteiger charge is 2.51. The molecule has 2 N–H and O–H groups in total. The van der Waals surface area contributed by atoms with Gasteiger partial charge in [-0.15, -0.1) is 23.2 Å². The van der Waals surface area contributed by atoms with Crippen LogP contribution in [0.5, 0.6) is 0 Å². The van der Waals surface area contributed by atoms with Gasteiger partial charge < -0.3 is 10.6 Å². The third kappa shape index (κ3) is 2.96. The number of alkyl halides is 2. The first-order valence-electron chi connectivity index (χ1n) is 3.96. The molecule has 0 radical (unpaired) electrons. The van der Waals surface area contributed by atoms with Gasteiger partial charge in [0.2, 0.25) is 0 Å². The Bertz CT molecular complexity index is 184. The molecule has 12 heavy (non-hydrogen) atoms. The summed E-state index contributed by atoms with van der Waals surface area (Å²) in [6.45, 7) is 3.60. The van der Waals surface area contributed by atoms with E-state index >= 15 is 0 Å². The fourth-order valence-corrected chi connectivity index (χ4v) is 1.68. The predicted molar refractivity (Wildman–Crippen MR) is 56.8 cm³/mol. The molecule has 0 aromatic heterocycles. The molecule has 0 aromatic rings. The molecule has 1 unspecified atom stereocenters. The molecule has 0 saturated heterocycles. The first-order valence-corrected chi connectivity index (χ1v) is 5.12. The normalized spacial score (nSPS) is 24.8. The average Bonchev–Trinajstić information content (AvgIpc) is 2.56. The lowest BCUT2D eigenvalue weighted by molar-refractivity contribution is 0.749. The van der Waals surface area contributed by atoms with E-state index in [1.807, 2.05) is 6.92 Å². The van der Waals surface area contributed by atoms with Gasteiger partial charge in [-0.25, -0.2) is 0 Å². The number of halogens is 2. The lowest BCUT2D eigenvalue weighted by Crippen LogP contribution is -2.36. The summed E-state index contributed by atoms with van der Waals surface area (Å²) in [5, 5.41) is 6.72. The van der Waals surface area contributed by atoms with Crippen molar-refractivity contribution < 1.29 is 0 Å². The van der Waals surface area contributed by atoms with Crippen molar-refractivity contribution in [2.45, 2.75) is 17.7 Å². The largest absolute Gasteiger partial charge is 0.363 e. The minimum atomic E-state index is -0.505. The lowest BCUT2D eigenvalue weighted by atomic mass is 10.4. The molecule has 0 heterocycles. The van der Waals surface area contributed by atoms with E-state index in [0.717, 1.165) is 19.5 Å². The Kier molecular flexibility index (Phi) is 3.44. The second kappa shape index (κ2) is 3.99. The Morgan fingerprint density at radius 2 is 2.17 bits per heavy atom. The highest BCUT2D eigenvalue weighted by Crippen LogP contribution is 2.52. The van der Waals surface area contributed by atoms with Crippen molar-refractivity contribution in [3.05, 3.63) is 0 Å². The molecule has 0 amide bonds. The van der Waals surface area contributed by atoms with E-state index in [1.54, 1.807) is 0 Å². The maximum Gasteiger partial charge on any atom is 0.166 e. The van der Waals surface area contributed by atoms with Crippen molar-refractivity contribution in [3.8, 4) is 0 Å². The van der Waals surface area contributed by atoms with E-state index in [9.17, 15) is 0 Å². The van der Waals surface area contributed by atoms with Crippen molar-refractivity contribution in [3.63, 3.8) is 0 Å². The Morgan fingerprint density at radius 3 is 2.58 bits per heavy atom. The van der Waals surface area contributed by atoms with Gasteiger partial charge in [0.15, 0.2) is 5.11 Å². The van der Waals surface area contributed by atoms with Crippen LogP contribution < -0.4 is 10.6 Å². The lowest BCUT2D eigenvalue weighted by Gasteiger charge is -2.07. The molecule has 0 spiro atoms. The van der Waals surface area contributed by atoms with Gasteiger partial charge in [-0.05, 0) is 25.6 Å². The summed E-state index contributed by atoms with van der Waals surface area (Å²) >= 11 is 16.6. The summed E-state index contributed by atoms with van der Waals surface area (Å²) in [6, 6.07) is 0. The molecule has 2 nitrogen and oxygen atoms in total. The van der Waals surface area contributed by atoms with Gasteiger partial charge in [0.25, 0.3) is 0 Å². The molecule has 1 fully saturated rings. The molecule has 1 rings (SSSR count). The molecular weight excluding hydrogens is 215 g/mol. The molecule has 1 atom stereocenters. The summed E-state index contributed by atoms with van der Waals surface area (Å²) in [5.74, 6) is 0.345. The molecule has 5 heteroatoms. The van der Waals surface area contributed by atoms with E-state index in [4.69, 9.17) is 35.4 Å². The zero-order chi connectivity index (χ0) is 9.19. The van der Waals surface area contributed by atoms with Gasteiger partial charge in [-0.3, -0.25) is 0 Å². The van der Waals surface area contributed by atoms with Crippen LogP contribution in [0.25, 0.3) is 0 Å². The molecule has 0 aromatic carbocycles. The van der Waals surface area contributed by atoms with E-state index in [-0.39, 0.29) is 0 Å². The topological polar surface area (TPSA) is 24.1 Å². The zero-order valence-corrected chi connectivity index (χ0v) is 9.19. The number of thiocarbonyl (C=S) groups is 1. The Hall–Kier alpha value is 0.270. The maximum atomic E-state index is 5.83.